The fraction of sp³-hybridized carbons (Fsp3) is 0.364. The van der Waals surface area contributed by atoms with Crippen LogP contribution in [-0.2, 0) is 9.59 Å². The first-order chi connectivity index (χ1) is 13.3. The van der Waals surface area contributed by atoms with Gasteiger partial charge in [-0.15, -0.1) is 0 Å². The van der Waals surface area contributed by atoms with Gasteiger partial charge in [-0.1, -0.05) is 0 Å². The van der Waals surface area contributed by atoms with Gasteiger partial charge in [-0.2, -0.15) is 0 Å². The van der Waals surface area contributed by atoms with Gasteiger partial charge in [-0.3, -0.25) is 9.59 Å². The Bertz CT molecular complexity index is 784. The van der Waals surface area contributed by atoms with Crippen molar-refractivity contribution in [1.29, 1.82) is 0 Å². The number of nitrogens with zero attached hydrogens (tertiary/aromatic N) is 2. The summed E-state index contributed by atoms with van der Waals surface area (Å²) in [5.41, 5.74) is 2.53. The predicted octanol–water partition coefficient (Wildman–Crippen LogP) is 3.92. The molecule has 0 bridgehead atoms. The van der Waals surface area contributed by atoms with E-state index in [1.807, 2.05) is 69.2 Å². The lowest BCUT2D eigenvalue weighted by Crippen LogP contribution is -2.32. The second kappa shape index (κ2) is 9.78. The Labute approximate surface area is 167 Å². The van der Waals surface area contributed by atoms with E-state index in [0.717, 1.165) is 17.1 Å². The van der Waals surface area contributed by atoms with Gasteiger partial charge in [0.05, 0.1) is 6.10 Å². The molecule has 0 aliphatic heterocycles. The van der Waals surface area contributed by atoms with Gasteiger partial charge >= 0.3 is 0 Å². The number of anilines is 3. The van der Waals surface area contributed by atoms with Crippen LogP contribution < -0.4 is 19.9 Å². The zero-order valence-electron chi connectivity index (χ0n) is 17.2. The lowest BCUT2D eigenvalue weighted by atomic mass is 10.2. The maximum Gasteiger partial charge on any atom is 0.226 e. The molecule has 0 unspecified atom stereocenters. The van der Waals surface area contributed by atoms with Gasteiger partial charge < -0.3 is 19.9 Å². The molecule has 0 radical (unpaired) electrons. The second-order valence-electron chi connectivity index (χ2n) is 7.07. The third-order valence-corrected chi connectivity index (χ3v) is 4.13. The van der Waals surface area contributed by atoms with Gasteiger partial charge in [0.2, 0.25) is 11.8 Å². The summed E-state index contributed by atoms with van der Waals surface area (Å²) in [5, 5.41) is 2.85. The van der Waals surface area contributed by atoms with Crippen LogP contribution in [0, 0.1) is 0 Å². The molecule has 2 aromatic rings. The number of ether oxygens (including phenoxy) is 1. The lowest BCUT2D eigenvalue weighted by molar-refractivity contribution is -0.117. The molecule has 0 aliphatic rings. The van der Waals surface area contributed by atoms with Gasteiger partial charge in [0, 0.05) is 51.0 Å². The molecule has 28 heavy (non-hydrogen) atoms. The molecule has 150 valence electrons. The summed E-state index contributed by atoms with van der Waals surface area (Å²) in [6.45, 7) is 5.75. The summed E-state index contributed by atoms with van der Waals surface area (Å²) in [6, 6.07) is 14.9. The minimum Gasteiger partial charge on any atom is -0.491 e. The van der Waals surface area contributed by atoms with Crippen molar-refractivity contribution < 1.29 is 14.3 Å². The Balaban J connectivity index is 1.94. The highest BCUT2D eigenvalue weighted by atomic mass is 16.5. The number of rotatable bonds is 8. The molecular weight excluding hydrogens is 354 g/mol. The summed E-state index contributed by atoms with van der Waals surface area (Å²) in [6.07, 6.45) is 0.309. The summed E-state index contributed by atoms with van der Waals surface area (Å²) in [7, 11) is 3.92. The minimum absolute atomic E-state index is 0.0967. The Morgan fingerprint density at radius 2 is 1.54 bits per heavy atom. The molecule has 0 atom stereocenters. The average molecular weight is 383 g/mol. The van der Waals surface area contributed by atoms with Crippen LogP contribution in [0.1, 0.15) is 27.2 Å². The molecule has 0 fully saturated rings. The zero-order chi connectivity index (χ0) is 20.7. The fourth-order valence-electron chi connectivity index (χ4n) is 2.72. The Kier molecular flexibility index (Phi) is 7.44. The normalized spacial score (nSPS) is 10.5. The third kappa shape index (κ3) is 6.30. The average Bonchev–Trinajstić information content (AvgIpc) is 2.63. The van der Waals surface area contributed by atoms with Crippen LogP contribution in [0.3, 0.4) is 0 Å². The molecule has 6 nitrogen and oxygen atoms in total. The molecule has 0 saturated heterocycles. The van der Waals surface area contributed by atoms with Gasteiger partial charge in [0.1, 0.15) is 5.75 Å². The molecule has 0 spiro atoms. The van der Waals surface area contributed by atoms with E-state index in [1.54, 1.807) is 17.0 Å². The Morgan fingerprint density at radius 3 is 2.04 bits per heavy atom. The van der Waals surface area contributed by atoms with Crippen LogP contribution in [-0.4, -0.2) is 38.6 Å². The maximum absolute atomic E-state index is 12.3. The second-order valence-corrected chi connectivity index (χ2v) is 7.07. The van der Waals surface area contributed by atoms with Crippen LogP contribution in [0.2, 0.25) is 0 Å². The van der Waals surface area contributed by atoms with Crippen molar-refractivity contribution in [2.24, 2.45) is 0 Å². The van der Waals surface area contributed by atoms with Crippen molar-refractivity contribution in [3.63, 3.8) is 0 Å². The first-order valence-electron chi connectivity index (χ1n) is 9.38. The number of amides is 2. The topological polar surface area (TPSA) is 61.9 Å². The van der Waals surface area contributed by atoms with E-state index in [1.165, 1.54) is 6.92 Å². The van der Waals surface area contributed by atoms with Crippen molar-refractivity contribution in [3.05, 3.63) is 48.5 Å². The van der Waals surface area contributed by atoms with Crippen LogP contribution in [0.4, 0.5) is 17.1 Å². The molecule has 2 rings (SSSR count). The first kappa shape index (κ1) is 21.3. The van der Waals surface area contributed by atoms with E-state index >= 15 is 0 Å². The summed E-state index contributed by atoms with van der Waals surface area (Å²) in [5.74, 6) is 0.520. The molecule has 0 aliphatic carbocycles. The monoisotopic (exact) mass is 383 g/mol. The summed E-state index contributed by atoms with van der Waals surface area (Å²) in [4.78, 5) is 27.9. The van der Waals surface area contributed by atoms with Gasteiger partial charge in [-0.25, -0.2) is 0 Å². The number of hydrogen-bond acceptors (Lipinski definition) is 4. The highest BCUT2D eigenvalue weighted by Gasteiger charge is 2.14. The molecule has 6 heteroatoms. The molecule has 0 saturated carbocycles. The third-order valence-electron chi connectivity index (χ3n) is 4.13. The number of benzene rings is 2. The lowest BCUT2D eigenvalue weighted by Gasteiger charge is -2.22. The van der Waals surface area contributed by atoms with Crippen LogP contribution in [0.25, 0.3) is 0 Å². The molecule has 2 amide bonds. The quantitative estimate of drug-likeness (QED) is 0.750. The largest absolute Gasteiger partial charge is 0.491 e. The van der Waals surface area contributed by atoms with E-state index in [0.29, 0.717) is 12.2 Å². The molecule has 0 heterocycles. The van der Waals surface area contributed by atoms with Crippen molar-refractivity contribution in [1.82, 2.24) is 0 Å². The minimum atomic E-state index is -0.145. The smallest absolute Gasteiger partial charge is 0.226 e. The van der Waals surface area contributed by atoms with Gasteiger partial charge in [0.25, 0.3) is 0 Å². The van der Waals surface area contributed by atoms with Crippen molar-refractivity contribution >= 4 is 28.9 Å². The Morgan fingerprint density at radius 1 is 0.964 bits per heavy atom. The van der Waals surface area contributed by atoms with E-state index in [9.17, 15) is 9.59 Å². The zero-order valence-corrected chi connectivity index (χ0v) is 17.2. The molecule has 1 N–H and O–H groups in total. The number of carbonyl (C=O) groups excluding carboxylic acids is 2. The number of nitrogens with one attached hydrogen (secondary N) is 1. The van der Waals surface area contributed by atoms with Gasteiger partial charge in [-0.05, 0) is 62.4 Å². The van der Waals surface area contributed by atoms with Crippen LogP contribution in [0.5, 0.6) is 5.75 Å². The number of hydrogen-bond donors (Lipinski definition) is 1. The molecule has 0 aromatic heterocycles. The molecule has 2 aromatic carbocycles. The predicted molar refractivity (Wildman–Crippen MR) is 114 cm³/mol. The first-order valence-corrected chi connectivity index (χ1v) is 9.38. The highest BCUT2D eigenvalue weighted by Crippen LogP contribution is 2.21. The SMILES string of the molecule is CC(=O)N(CCC(=O)Nc1ccc(OC(C)C)cc1)c1ccc(N(C)C)cc1. The van der Waals surface area contributed by atoms with Crippen molar-refractivity contribution in [2.75, 3.05) is 35.8 Å². The highest BCUT2D eigenvalue weighted by molar-refractivity contribution is 5.94. The Hall–Kier alpha value is -3.02. The van der Waals surface area contributed by atoms with Crippen molar-refractivity contribution in [2.45, 2.75) is 33.3 Å². The number of carbonyl (C=O) groups is 2. The van der Waals surface area contributed by atoms with E-state index in [4.69, 9.17) is 4.74 Å². The maximum atomic E-state index is 12.3. The van der Waals surface area contributed by atoms with E-state index in [2.05, 4.69) is 5.32 Å². The van der Waals surface area contributed by atoms with Crippen LogP contribution >= 0.6 is 0 Å². The van der Waals surface area contributed by atoms with E-state index in [-0.39, 0.29) is 24.3 Å². The fourth-order valence-corrected chi connectivity index (χ4v) is 2.72. The molecular formula is C22H29N3O3. The van der Waals surface area contributed by atoms with Crippen LogP contribution in [0.15, 0.2) is 48.5 Å². The summed E-state index contributed by atoms with van der Waals surface area (Å²) >= 11 is 0. The van der Waals surface area contributed by atoms with Crippen molar-refractivity contribution in [3.8, 4) is 5.75 Å². The van der Waals surface area contributed by atoms with Gasteiger partial charge in [0.15, 0.2) is 0 Å². The summed E-state index contributed by atoms with van der Waals surface area (Å²) < 4.78 is 5.59. The van der Waals surface area contributed by atoms with E-state index < -0.39 is 0 Å². The standard InChI is InChI=1S/C22H29N3O3/c1-16(2)28-21-12-6-18(7-13-21)23-22(27)14-15-25(17(3)26)20-10-8-19(9-11-20)24(4)5/h6-13,16H,14-15H2,1-5H3,(H,23,27).